The first-order chi connectivity index (χ1) is 22.0. The van der Waals surface area contributed by atoms with Gasteiger partial charge in [0.2, 0.25) is 12.5 Å². The molecule has 0 saturated carbocycles. The van der Waals surface area contributed by atoms with Gasteiger partial charge in [0.15, 0.2) is 6.29 Å². The third kappa shape index (κ3) is 11.5. The second kappa shape index (κ2) is 19.6. The van der Waals surface area contributed by atoms with Crippen LogP contribution in [0.3, 0.4) is 0 Å². The highest BCUT2D eigenvalue weighted by atomic mass is 31.2. The lowest BCUT2D eigenvalue weighted by Gasteiger charge is -2.43. The molecule has 46 heavy (non-hydrogen) atoms. The fraction of sp³-hybridized carbons (Fsp3) is 0.743. The largest absolute Gasteiger partial charge is 0.459 e. The van der Waals surface area contributed by atoms with Crippen molar-refractivity contribution < 1.29 is 32.8 Å². The van der Waals surface area contributed by atoms with Gasteiger partial charge in [-0.05, 0) is 77.3 Å². The van der Waals surface area contributed by atoms with E-state index in [0.717, 1.165) is 25.7 Å². The van der Waals surface area contributed by atoms with Crippen LogP contribution in [-0.4, -0.2) is 91.5 Å². The van der Waals surface area contributed by atoms with Gasteiger partial charge in [-0.1, -0.05) is 39.0 Å². The summed E-state index contributed by atoms with van der Waals surface area (Å²) in [5.74, 6) is 0.586. The SMILES string of the molecule is [C-]#[N+]CCOP(OC1CCN(C(=O)CCCCO[C@@H]2OC(COC(=O)c3ccccc3)[C@H](C)C(C)[C@@H]2C)CC1)N(C(C)C)C(C)C. The Hall–Kier alpha value is -2.12. The van der Waals surface area contributed by atoms with E-state index in [4.69, 9.17) is 29.8 Å². The van der Waals surface area contributed by atoms with Crippen molar-refractivity contribution in [3.05, 3.63) is 47.3 Å². The molecule has 2 saturated heterocycles. The van der Waals surface area contributed by atoms with E-state index in [0.29, 0.717) is 50.8 Å². The quantitative estimate of drug-likeness (QED) is 0.0767. The molecule has 1 aromatic rings. The van der Waals surface area contributed by atoms with Gasteiger partial charge in [-0.25, -0.2) is 16.0 Å². The lowest BCUT2D eigenvalue weighted by Crippen LogP contribution is -2.48. The Kier molecular flexibility index (Phi) is 16.4. The van der Waals surface area contributed by atoms with Crippen LogP contribution in [0.4, 0.5) is 0 Å². The summed E-state index contributed by atoms with van der Waals surface area (Å²) < 4.78 is 32.8. The number of rotatable bonds is 17. The van der Waals surface area contributed by atoms with E-state index in [1.54, 1.807) is 12.1 Å². The Balaban J connectivity index is 1.37. The predicted octanol–water partition coefficient (Wildman–Crippen LogP) is 6.95. The molecular formula is C35H56N3O7P. The number of ether oxygens (including phenoxy) is 3. The summed E-state index contributed by atoms with van der Waals surface area (Å²) in [5.41, 5.74) is 0.528. The minimum absolute atomic E-state index is 0.0322. The number of likely N-dealkylation sites (tertiary alicyclic amines) is 1. The summed E-state index contributed by atoms with van der Waals surface area (Å²) in [6, 6.07) is 9.51. The Labute approximate surface area is 278 Å². The Morgan fingerprint density at radius 2 is 1.67 bits per heavy atom. The number of carbonyl (C=O) groups is 2. The van der Waals surface area contributed by atoms with Crippen LogP contribution in [-0.2, 0) is 28.1 Å². The van der Waals surface area contributed by atoms with Crippen LogP contribution in [0, 0.1) is 24.3 Å². The molecule has 0 aromatic heterocycles. The van der Waals surface area contributed by atoms with Crippen molar-refractivity contribution in [3.8, 4) is 0 Å². The number of hydrogen-bond acceptors (Lipinski definition) is 8. The Morgan fingerprint density at radius 3 is 2.30 bits per heavy atom. The molecule has 0 spiro atoms. The topological polar surface area (TPSA) is 91.1 Å². The third-order valence-corrected chi connectivity index (χ3v) is 11.3. The summed E-state index contributed by atoms with van der Waals surface area (Å²) >= 11 is 0. The van der Waals surface area contributed by atoms with Gasteiger partial charge in [0.05, 0.1) is 17.8 Å². The second-order valence-electron chi connectivity index (χ2n) is 13.1. The average Bonchev–Trinajstić information content (AvgIpc) is 3.04. The molecule has 6 atom stereocenters. The smallest absolute Gasteiger partial charge is 0.338 e. The van der Waals surface area contributed by atoms with Crippen molar-refractivity contribution in [2.75, 3.05) is 39.5 Å². The van der Waals surface area contributed by atoms with E-state index >= 15 is 0 Å². The average molecular weight is 662 g/mol. The molecule has 0 N–H and O–H groups in total. The van der Waals surface area contributed by atoms with Gasteiger partial charge < -0.3 is 33.0 Å². The summed E-state index contributed by atoms with van der Waals surface area (Å²) in [4.78, 5) is 30.8. The maximum absolute atomic E-state index is 13.0. The minimum Gasteiger partial charge on any atom is -0.459 e. The van der Waals surface area contributed by atoms with E-state index in [-0.39, 0.29) is 60.9 Å². The van der Waals surface area contributed by atoms with Gasteiger partial charge in [0.25, 0.3) is 8.53 Å². The molecule has 0 radical (unpaired) electrons. The van der Waals surface area contributed by atoms with Gasteiger partial charge in [-0.3, -0.25) is 4.79 Å². The minimum atomic E-state index is -1.27. The highest BCUT2D eigenvalue weighted by molar-refractivity contribution is 7.44. The Bertz CT molecular complexity index is 1090. The monoisotopic (exact) mass is 661 g/mol. The van der Waals surface area contributed by atoms with Crippen LogP contribution in [0.1, 0.15) is 90.9 Å². The summed E-state index contributed by atoms with van der Waals surface area (Å²) in [6.07, 6.45) is 2.98. The van der Waals surface area contributed by atoms with Crippen molar-refractivity contribution in [2.45, 2.75) is 111 Å². The highest BCUT2D eigenvalue weighted by Crippen LogP contribution is 2.48. The molecule has 11 heteroatoms. The molecule has 0 bridgehead atoms. The van der Waals surface area contributed by atoms with E-state index in [1.165, 1.54) is 0 Å². The summed E-state index contributed by atoms with van der Waals surface area (Å²) in [7, 11) is -1.27. The molecule has 258 valence electrons. The van der Waals surface area contributed by atoms with Crippen LogP contribution in [0.5, 0.6) is 0 Å². The van der Waals surface area contributed by atoms with Crippen molar-refractivity contribution in [1.29, 1.82) is 0 Å². The van der Waals surface area contributed by atoms with E-state index in [1.807, 2.05) is 23.1 Å². The van der Waals surface area contributed by atoms with Gasteiger partial charge >= 0.3 is 5.97 Å². The molecule has 10 nitrogen and oxygen atoms in total. The van der Waals surface area contributed by atoms with Gasteiger partial charge in [-0.2, -0.15) is 0 Å². The van der Waals surface area contributed by atoms with Crippen molar-refractivity contribution >= 4 is 20.4 Å². The molecule has 3 rings (SSSR count). The highest BCUT2D eigenvalue weighted by Gasteiger charge is 2.40. The maximum atomic E-state index is 13.0. The zero-order chi connectivity index (χ0) is 33.6. The molecule has 1 amide bonds. The predicted molar refractivity (Wildman–Crippen MR) is 180 cm³/mol. The lowest BCUT2D eigenvalue weighted by atomic mass is 9.79. The van der Waals surface area contributed by atoms with Crippen molar-refractivity contribution in [2.24, 2.45) is 17.8 Å². The first-order valence-corrected chi connectivity index (χ1v) is 18.1. The van der Waals surface area contributed by atoms with Crippen LogP contribution in [0.2, 0.25) is 0 Å². The molecule has 3 unspecified atom stereocenters. The molecular weight excluding hydrogens is 605 g/mol. The number of amides is 1. The number of benzene rings is 1. The normalized spacial score (nSPS) is 24.7. The fourth-order valence-corrected chi connectivity index (χ4v) is 7.81. The van der Waals surface area contributed by atoms with Crippen LogP contribution in [0.15, 0.2) is 30.3 Å². The number of esters is 1. The molecule has 2 aliphatic heterocycles. The lowest BCUT2D eigenvalue weighted by molar-refractivity contribution is -0.254. The second-order valence-corrected chi connectivity index (χ2v) is 14.5. The number of hydrogen-bond donors (Lipinski definition) is 0. The third-order valence-electron chi connectivity index (χ3n) is 9.12. The number of carbonyl (C=O) groups excluding carboxylic acids is 2. The van der Waals surface area contributed by atoms with Crippen molar-refractivity contribution in [1.82, 2.24) is 9.57 Å². The Morgan fingerprint density at radius 1 is 1.00 bits per heavy atom. The standard InChI is InChI=1S/C35H56N3O7P/c1-25(2)38(26(3)4)46(43-23-19-36-8)45-31-17-20-37(21-18-31)33(39)16-12-13-22-41-35-29(7)27(5)28(6)32(44-35)24-42-34(40)30-14-10-9-11-15-30/h9-11,14-15,25-29,31-32,35H,12-13,16-24H2,1-7H3/t27?,28-,29+,32?,35-,46?/m1/s1. The number of unbranched alkanes of at least 4 members (excludes halogenated alkanes) is 1. The zero-order valence-corrected chi connectivity index (χ0v) is 29.8. The summed E-state index contributed by atoms with van der Waals surface area (Å²) in [6.45, 7) is 24.8. The van der Waals surface area contributed by atoms with E-state index < -0.39 is 8.53 Å². The van der Waals surface area contributed by atoms with Gasteiger partial charge in [0.1, 0.15) is 13.2 Å². The molecule has 2 heterocycles. The molecule has 2 aliphatic rings. The van der Waals surface area contributed by atoms with Gasteiger partial charge in [-0.15, -0.1) is 0 Å². The first-order valence-electron chi connectivity index (χ1n) is 17.0. The summed E-state index contributed by atoms with van der Waals surface area (Å²) in [5, 5.41) is 0. The van der Waals surface area contributed by atoms with E-state index in [9.17, 15) is 9.59 Å². The first kappa shape index (κ1) is 38.3. The number of piperidine rings is 1. The fourth-order valence-electron chi connectivity index (χ4n) is 6.05. The van der Waals surface area contributed by atoms with Crippen LogP contribution >= 0.6 is 8.53 Å². The zero-order valence-electron chi connectivity index (χ0n) is 28.9. The van der Waals surface area contributed by atoms with E-state index in [2.05, 4.69) is 58.0 Å². The molecule has 0 aliphatic carbocycles. The molecule has 1 aromatic carbocycles. The van der Waals surface area contributed by atoms with Crippen LogP contribution in [0.25, 0.3) is 4.85 Å². The van der Waals surface area contributed by atoms with Gasteiger partial charge in [0, 0.05) is 44.1 Å². The van der Waals surface area contributed by atoms with Crippen molar-refractivity contribution in [3.63, 3.8) is 0 Å². The molecule has 2 fully saturated rings. The van der Waals surface area contributed by atoms with Crippen LogP contribution < -0.4 is 0 Å². The maximum Gasteiger partial charge on any atom is 0.338 e. The number of nitrogens with zero attached hydrogens (tertiary/aromatic N) is 3.